The summed E-state index contributed by atoms with van der Waals surface area (Å²) in [6.07, 6.45) is 3.55. The highest BCUT2D eigenvalue weighted by molar-refractivity contribution is 6.30. The first-order valence-corrected chi connectivity index (χ1v) is 12.7. The van der Waals surface area contributed by atoms with Gasteiger partial charge >= 0.3 is 11.9 Å². The maximum Gasteiger partial charge on any atom is 0.328 e. The number of hydrogen-bond acceptors (Lipinski definition) is 6. The van der Waals surface area contributed by atoms with Gasteiger partial charge in [0.15, 0.2) is 0 Å². The average molecular weight is 509 g/mol. The summed E-state index contributed by atoms with van der Waals surface area (Å²) in [5.41, 5.74) is -0.145. The van der Waals surface area contributed by atoms with Crippen LogP contribution in [0.4, 0.5) is 0 Å². The van der Waals surface area contributed by atoms with Gasteiger partial charge < -0.3 is 20.1 Å². The predicted octanol–water partition coefficient (Wildman–Crippen LogP) is 3.68. The summed E-state index contributed by atoms with van der Waals surface area (Å²) in [5, 5.41) is 6.18. The Morgan fingerprint density at radius 1 is 1.00 bits per heavy atom. The molecule has 1 aromatic rings. The van der Waals surface area contributed by atoms with Crippen LogP contribution in [0.3, 0.4) is 0 Å². The number of carbonyl (C=O) groups excluding carboxylic acids is 4. The highest BCUT2D eigenvalue weighted by Crippen LogP contribution is 2.31. The molecule has 8 nitrogen and oxygen atoms in total. The highest BCUT2D eigenvalue weighted by Gasteiger charge is 2.36. The second-order valence-corrected chi connectivity index (χ2v) is 9.78. The van der Waals surface area contributed by atoms with E-state index in [1.54, 1.807) is 52.0 Å². The Morgan fingerprint density at radius 3 is 2.17 bits per heavy atom. The third-order valence-corrected chi connectivity index (χ3v) is 6.63. The van der Waals surface area contributed by atoms with Crippen molar-refractivity contribution >= 4 is 35.4 Å². The minimum atomic E-state index is -1.02. The van der Waals surface area contributed by atoms with Crippen LogP contribution in [-0.4, -0.2) is 49.1 Å². The minimum absolute atomic E-state index is 0.0408. The van der Waals surface area contributed by atoms with Gasteiger partial charge in [-0.2, -0.15) is 0 Å². The van der Waals surface area contributed by atoms with Gasteiger partial charge in [-0.25, -0.2) is 4.79 Å². The summed E-state index contributed by atoms with van der Waals surface area (Å²) in [7, 11) is 0. The van der Waals surface area contributed by atoms with Crippen molar-refractivity contribution in [3.63, 3.8) is 0 Å². The van der Waals surface area contributed by atoms with Crippen LogP contribution in [0.25, 0.3) is 0 Å². The number of rotatable bonds is 13. The van der Waals surface area contributed by atoms with Crippen LogP contribution in [0, 0.1) is 5.92 Å². The number of carbonyl (C=O) groups is 4. The van der Waals surface area contributed by atoms with E-state index in [2.05, 4.69) is 10.6 Å². The lowest BCUT2D eigenvalue weighted by molar-refractivity contribution is -0.149. The van der Waals surface area contributed by atoms with E-state index in [1.807, 2.05) is 0 Å². The van der Waals surface area contributed by atoms with Crippen LogP contribution in [0.5, 0.6) is 0 Å². The number of esters is 2. The lowest BCUT2D eigenvalue weighted by atomic mass is 9.79. The molecule has 1 aromatic carbocycles. The molecule has 0 radical (unpaired) electrons. The predicted molar refractivity (Wildman–Crippen MR) is 133 cm³/mol. The number of amides is 2. The monoisotopic (exact) mass is 508 g/mol. The van der Waals surface area contributed by atoms with E-state index in [-0.39, 0.29) is 32.0 Å². The van der Waals surface area contributed by atoms with Gasteiger partial charge in [-0.15, -0.1) is 0 Å². The van der Waals surface area contributed by atoms with Gasteiger partial charge in [-0.3, -0.25) is 14.4 Å². The van der Waals surface area contributed by atoms with Crippen molar-refractivity contribution in [2.75, 3.05) is 13.2 Å². The summed E-state index contributed by atoms with van der Waals surface area (Å²) in [5.74, 6) is -1.54. The van der Waals surface area contributed by atoms with E-state index in [4.69, 9.17) is 21.1 Å². The Bertz CT molecular complexity index is 882. The lowest BCUT2D eigenvalue weighted by Gasteiger charge is -2.32. The molecule has 1 aliphatic carbocycles. The summed E-state index contributed by atoms with van der Waals surface area (Å²) in [6, 6.07) is 5.18. The zero-order chi connectivity index (χ0) is 26.0. The van der Waals surface area contributed by atoms with Crippen molar-refractivity contribution in [3.05, 3.63) is 34.9 Å². The fraction of sp³-hybridized carbons (Fsp3) is 0.615. The van der Waals surface area contributed by atoms with Crippen LogP contribution >= 0.6 is 11.6 Å². The molecule has 2 atom stereocenters. The van der Waals surface area contributed by atoms with Gasteiger partial charge in [0.1, 0.15) is 12.1 Å². The molecule has 0 heterocycles. The Labute approximate surface area is 212 Å². The maximum absolute atomic E-state index is 13.3. The third-order valence-electron chi connectivity index (χ3n) is 6.38. The molecule has 9 heteroatoms. The zero-order valence-electron chi connectivity index (χ0n) is 21.0. The summed E-state index contributed by atoms with van der Waals surface area (Å²) in [4.78, 5) is 50.8. The standard InChI is InChI=1S/C26H37ClN2O6/c1-5-34-22(30)15-14-20(24(32)35-6-2)28-23(31)21(16-17-8-7-9-17)29-25(33)26(3,4)18-10-12-19(27)13-11-18/h10-13,17,20-21H,5-9,14-16H2,1-4H3,(H,28,31)(H,29,33)/t20-,21+/m1/s1. The molecule has 35 heavy (non-hydrogen) atoms. The number of nitrogens with one attached hydrogen (secondary N) is 2. The van der Waals surface area contributed by atoms with Gasteiger partial charge in [-0.05, 0) is 64.2 Å². The van der Waals surface area contributed by atoms with E-state index >= 15 is 0 Å². The first kappa shape index (κ1) is 28.6. The fourth-order valence-electron chi connectivity index (χ4n) is 3.89. The van der Waals surface area contributed by atoms with E-state index in [0.717, 1.165) is 24.8 Å². The van der Waals surface area contributed by atoms with Crippen molar-refractivity contribution in [3.8, 4) is 0 Å². The summed E-state index contributed by atoms with van der Waals surface area (Å²) >= 11 is 5.99. The number of benzene rings is 1. The van der Waals surface area contributed by atoms with Gasteiger partial charge in [0.25, 0.3) is 0 Å². The van der Waals surface area contributed by atoms with Gasteiger partial charge in [0, 0.05) is 11.4 Å². The molecule has 0 aliphatic heterocycles. The molecule has 0 saturated heterocycles. The topological polar surface area (TPSA) is 111 Å². The van der Waals surface area contributed by atoms with Crippen molar-refractivity contribution in [1.82, 2.24) is 10.6 Å². The molecule has 0 bridgehead atoms. The molecule has 1 aliphatic rings. The average Bonchev–Trinajstić information content (AvgIpc) is 2.78. The van der Waals surface area contributed by atoms with Crippen LogP contribution in [0.1, 0.15) is 71.8 Å². The Hall–Kier alpha value is -2.61. The first-order chi connectivity index (χ1) is 16.6. The zero-order valence-corrected chi connectivity index (χ0v) is 21.8. The van der Waals surface area contributed by atoms with Gasteiger partial charge in [0.05, 0.1) is 18.6 Å². The molecule has 0 aromatic heterocycles. The fourth-order valence-corrected chi connectivity index (χ4v) is 4.02. The van der Waals surface area contributed by atoms with Gasteiger partial charge in [0.2, 0.25) is 11.8 Å². The van der Waals surface area contributed by atoms with E-state index in [0.29, 0.717) is 17.4 Å². The molecule has 0 spiro atoms. The molecule has 0 unspecified atom stereocenters. The van der Waals surface area contributed by atoms with Crippen LogP contribution < -0.4 is 10.6 Å². The Kier molecular flexibility index (Phi) is 11.0. The number of hydrogen-bond donors (Lipinski definition) is 2. The number of halogens is 1. The van der Waals surface area contributed by atoms with Crippen LogP contribution in [0.15, 0.2) is 24.3 Å². The quantitative estimate of drug-likeness (QED) is 0.393. The Balaban J connectivity index is 2.15. The lowest BCUT2D eigenvalue weighted by Crippen LogP contribution is -2.55. The second kappa shape index (κ2) is 13.5. The molecular weight excluding hydrogens is 472 g/mol. The van der Waals surface area contributed by atoms with Crippen molar-refractivity contribution < 1.29 is 28.7 Å². The van der Waals surface area contributed by atoms with Crippen LogP contribution in [0.2, 0.25) is 5.02 Å². The number of ether oxygens (including phenoxy) is 2. The molecule has 1 saturated carbocycles. The van der Waals surface area contributed by atoms with Crippen molar-refractivity contribution in [1.29, 1.82) is 0 Å². The van der Waals surface area contributed by atoms with Gasteiger partial charge in [-0.1, -0.05) is 43.0 Å². The first-order valence-electron chi connectivity index (χ1n) is 12.3. The Morgan fingerprint density at radius 2 is 1.63 bits per heavy atom. The summed E-state index contributed by atoms with van der Waals surface area (Å²) < 4.78 is 10.0. The minimum Gasteiger partial charge on any atom is -0.466 e. The van der Waals surface area contributed by atoms with Crippen molar-refractivity contribution in [2.45, 2.75) is 83.7 Å². The van der Waals surface area contributed by atoms with E-state index in [9.17, 15) is 19.2 Å². The second-order valence-electron chi connectivity index (χ2n) is 9.35. The summed E-state index contributed by atoms with van der Waals surface area (Å²) in [6.45, 7) is 7.30. The third kappa shape index (κ3) is 8.53. The molecular formula is C26H37ClN2O6. The molecule has 2 N–H and O–H groups in total. The van der Waals surface area contributed by atoms with E-state index in [1.165, 1.54) is 0 Å². The van der Waals surface area contributed by atoms with E-state index < -0.39 is 35.3 Å². The maximum atomic E-state index is 13.3. The van der Waals surface area contributed by atoms with Crippen LogP contribution in [-0.2, 0) is 34.1 Å². The molecule has 2 amide bonds. The van der Waals surface area contributed by atoms with Crippen molar-refractivity contribution in [2.24, 2.45) is 5.92 Å². The molecule has 1 fully saturated rings. The molecule has 194 valence electrons. The molecule has 2 rings (SSSR count). The highest BCUT2D eigenvalue weighted by atomic mass is 35.5. The smallest absolute Gasteiger partial charge is 0.328 e. The SMILES string of the molecule is CCOC(=O)CC[C@@H](NC(=O)[C@H](CC1CCC1)NC(=O)C(C)(C)c1ccc(Cl)cc1)C(=O)OCC. The normalized spacial score (nSPS) is 15.3. The largest absolute Gasteiger partial charge is 0.466 e.